The molecule has 16 heavy (non-hydrogen) atoms. The Hall–Kier alpha value is -1.84. The summed E-state index contributed by atoms with van der Waals surface area (Å²) in [6.45, 7) is 5.82. The van der Waals surface area contributed by atoms with Crippen molar-refractivity contribution in [2.45, 2.75) is 27.2 Å². The first kappa shape index (κ1) is 12.2. The average Bonchev–Trinajstić information content (AvgIpc) is 2.58. The van der Waals surface area contributed by atoms with E-state index in [2.05, 4.69) is 4.98 Å². The second kappa shape index (κ2) is 5.30. The van der Waals surface area contributed by atoms with Crippen LogP contribution in [0.15, 0.2) is 24.4 Å². The summed E-state index contributed by atoms with van der Waals surface area (Å²) < 4.78 is 1.81. The zero-order valence-electron chi connectivity index (χ0n) is 9.77. The van der Waals surface area contributed by atoms with Crippen molar-refractivity contribution in [1.29, 1.82) is 0 Å². The van der Waals surface area contributed by atoms with Gasteiger partial charge in [0.1, 0.15) is 5.65 Å². The summed E-state index contributed by atoms with van der Waals surface area (Å²) in [4.78, 5) is 14.9. The minimum Gasteiger partial charge on any atom is -0.481 e. The highest BCUT2D eigenvalue weighted by atomic mass is 16.4. The van der Waals surface area contributed by atoms with Gasteiger partial charge in [0.05, 0.1) is 17.8 Å². The molecule has 86 valence electrons. The van der Waals surface area contributed by atoms with E-state index in [-0.39, 0.29) is 6.42 Å². The molecule has 1 N–H and O–H groups in total. The van der Waals surface area contributed by atoms with Gasteiger partial charge in [-0.3, -0.25) is 4.79 Å². The Balaban J connectivity index is 0.000000606. The molecular weight excluding hydrogens is 204 g/mol. The van der Waals surface area contributed by atoms with Gasteiger partial charge >= 0.3 is 5.97 Å². The Labute approximate surface area is 94.6 Å². The monoisotopic (exact) mass is 220 g/mol. The summed E-state index contributed by atoms with van der Waals surface area (Å²) in [5.41, 5.74) is 2.31. The highest BCUT2D eigenvalue weighted by Crippen LogP contribution is 2.11. The molecule has 2 rings (SSSR count). The molecule has 0 saturated heterocycles. The largest absolute Gasteiger partial charge is 0.481 e. The summed E-state index contributed by atoms with van der Waals surface area (Å²) in [6.07, 6.45) is 1.84. The number of carboxylic acids is 1. The zero-order chi connectivity index (χ0) is 12.1. The highest BCUT2D eigenvalue weighted by Gasteiger charge is 2.10. The van der Waals surface area contributed by atoms with Gasteiger partial charge in [-0.05, 0) is 19.1 Å². The first-order valence-electron chi connectivity index (χ1n) is 5.33. The van der Waals surface area contributed by atoms with E-state index in [1.54, 1.807) is 0 Å². The number of carbonyl (C=O) groups is 1. The number of aryl methyl sites for hydroxylation is 1. The number of imidazole rings is 1. The predicted molar refractivity (Wildman–Crippen MR) is 62.6 cm³/mol. The van der Waals surface area contributed by atoms with Crippen LogP contribution in [-0.4, -0.2) is 20.5 Å². The highest BCUT2D eigenvalue weighted by molar-refractivity contribution is 5.70. The fraction of sp³-hybridized carbons (Fsp3) is 0.333. The molecule has 0 aliphatic heterocycles. The average molecular weight is 220 g/mol. The Morgan fingerprint density at radius 3 is 2.75 bits per heavy atom. The Morgan fingerprint density at radius 1 is 1.44 bits per heavy atom. The van der Waals surface area contributed by atoms with Gasteiger partial charge < -0.3 is 9.51 Å². The lowest BCUT2D eigenvalue weighted by Crippen LogP contribution is -2.04. The van der Waals surface area contributed by atoms with Crippen LogP contribution < -0.4 is 0 Å². The number of carboxylic acid groups (broad SMARTS) is 1. The number of pyridine rings is 1. The number of hydrogen-bond acceptors (Lipinski definition) is 2. The Morgan fingerprint density at radius 2 is 2.12 bits per heavy atom. The molecule has 0 unspecified atom stereocenters. The molecular formula is C12H16N2O2. The SMILES string of the molecule is CC.Cc1nc2ccccn2c1CC(=O)O. The van der Waals surface area contributed by atoms with Crippen LogP contribution in [0.25, 0.3) is 5.65 Å². The van der Waals surface area contributed by atoms with Crippen molar-refractivity contribution in [1.82, 2.24) is 9.38 Å². The van der Waals surface area contributed by atoms with Crippen molar-refractivity contribution in [3.8, 4) is 0 Å². The minimum absolute atomic E-state index is 0.0109. The van der Waals surface area contributed by atoms with Gasteiger partial charge in [0.2, 0.25) is 0 Å². The van der Waals surface area contributed by atoms with Crippen molar-refractivity contribution >= 4 is 11.6 Å². The minimum atomic E-state index is -0.834. The van der Waals surface area contributed by atoms with Gasteiger partial charge in [0.25, 0.3) is 0 Å². The lowest BCUT2D eigenvalue weighted by atomic mass is 10.2. The lowest BCUT2D eigenvalue weighted by Gasteiger charge is -1.98. The summed E-state index contributed by atoms with van der Waals surface area (Å²) in [5.74, 6) is -0.834. The summed E-state index contributed by atoms with van der Waals surface area (Å²) in [7, 11) is 0. The summed E-state index contributed by atoms with van der Waals surface area (Å²) in [5, 5.41) is 8.73. The Bertz CT molecular complexity index is 489. The molecule has 4 nitrogen and oxygen atoms in total. The van der Waals surface area contributed by atoms with E-state index in [4.69, 9.17) is 5.11 Å². The van der Waals surface area contributed by atoms with Gasteiger partial charge in [-0.25, -0.2) is 4.98 Å². The van der Waals surface area contributed by atoms with Gasteiger partial charge in [0.15, 0.2) is 0 Å². The van der Waals surface area contributed by atoms with Crippen molar-refractivity contribution in [3.63, 3.8) is 0 Å². The maximum atomic E-state index is 10.6. The number of rotatable bonds is 2. The van der Waals surface area contributed by atoms with E-state index in [1.807, 2.05) is 49.6 Å². The molecule has 2 heterocycles. The first-order chi connectivity index (χ1) is 7.68. The molecule has 2 aromatic rings. The molecule has 0 aliphatic carbocycles. The molecule has 0 spiro atoms. The molecule has 0 saturated carbocycles. The van der Waals surface area contributed by atoms with Crippen LogP contribution in [0.2, 0.25) is 0 Å². The summed E-state index contributed by atoms with van der Waals surface area (Å²) in [6, 6.07) is 5.60. The third-order valence-electron chi connectivity index (χ3n) is 2.15. The van der Waals surface area contributed by atoms with E-state index in [9.17, 15) is 4.79 Å². The third-order valence-corrected chi connectivity index (χ3v) is 2.15. The molecule has 2 aromatic heterocycles. The van der Waals surface area contributed by atoms with Gasteiger partial charge in [-0.15, -0.1) is 0 Å². The van der Waals surface area contributed by atoms with Crippen LogP contribution in [0.3, 0.4) is 0 Å². The van der Waals surface area contributed by atoms with Crippen molar-refractivity contribution < 1.29 is 9.90 Å². The smallest absolute Gasteiger partial charge is 0.309 e. The quantitative estimate of drug-likeness (QED) is 0.844. The van der Waals surface area contributed by atoms with Crippen LogP contribution in [0.4, 0.5) is 0 Å². The fourth-order valence-corrected chi connectivity index (χ4v) is 1.52. The Kier molecular flexibility index (Phi) is 4.05. The second-order valence-corrected chi connectivity index (χ2v) is 3.14. The number of nitrogens with zero attached hydrogens (tertiary/aromatic N) is 2. The molecule has 0 amide bonds. The maximum absolute atomic E-state index is 10.6. The van der Waals surface area contributed by atoms with Gasteiger partial charge in [-0.2, -0.15) is 0 Å². The van der Waals surface area contributed by atoms with Crippen LogP contribution >= 0.6 is 0 Å². The molecule has 0 fully saturated rings. The molecule has 0 bridgehead atoms. The van der Waals surface area contributed by atoms with E-state index in [0.29, 0.717) is 0 Å². The van der Waals surface area contributed by atoms with E-state index >= 15 is 0 Å². The normalized spacial score (nSPS) is 9.69. The standard InChI is InChI=1S/C10H10N2O2.C2H6/c1-7-8(6-10(13)14)12-5-3-2-4-9(12)11-7;1-2/h2-5H,6H2,1H3,(H,13,14);1-2H3. The predicted octanol–water partition coefficient (Wildman–Crippen LogP) is 2.30. The number of aliphatic carboxylic acids is 1. The first-order valence-corrected chi connectivity index (χ1v) is 5.33. The van der Waals surface area contributed by atoms with Gasteiger partial charge in [-0.1, -0.05) is 19.9 Å². The number of aromatic nitrogens is 2. The van der Waals surface area contributed by atoms with Crippen LogP contribution in [-0.2, 0) is 11.2 Å². The van der Waals surface area contributed by atoms with E-state index in [0.717, 1.165) is 17.0 Å². The number of fused-ring (bicyclic) bond motifs is 1. The topological polar surface area (TPSA) is 54.6 Å². The van der Waals surface area contributed by atoms with Gasteiger partial charge in [0, 0.05) is 6.20 Å². The number of hydrogen-bond donors (Lipinski definition) is 1. The van der Waals surface area contributed by atoms with E-state index in [1.165, 1.54) is 0 Å². The van der Waals surface area contributed by atoms with Crippen molar-refractivity contribution in [2.75, 3.05) is 0 Å². The lowest BCUT2D eigenvalue weighted by molar-refractivity contribution is -0.136. The molecule has 0 atom stereocenters. The fourth-order valence-electron chi connectivity index (χ4n) is 1.52. The molecule has 4 heteroatoms. The maximum Gasteiger partial charge on any atom is 0.309 e. The zero-order valence-corrected chi connectivity index (χ0v) is 9.77. The van der Waals surface area contributed by atoms with Crippen molar-refractivity contribution in [3.05, 3.63) is 35.8 Å². The van der Waals surface area contributed by atoms with Crippen LogP contribution in [0.5, 0.6) is 0 Å². The second-order valence-electron chi connectivity index (χ2n) is 3.14. The molecule has 0 radical (unpaired) electrons. The molecule has 0 aliphatic rings. The van der Waals surface area contributed by atoms with E-state index < -0.39 is 5.97 Å². The van der Waals surface area contributed by atoms with Crippen LogP contribution in [0, 0.1) is 6.92 Å². The third kappa shape index (κ3) is 2.39. The van der Waals surface area contributed by atoms with Crippen LogP contribution in [0.1, 0.15) is 25.2 Å². The van der Waals surface area contributed by atoms with Crippen molar-refractivity contribution in [2.24, 2.45) is 0 Å². The molecule has 0 aromatic carbocycles. The summed E-state index contributed by atoms with van der Waals surface area (Å²) >= 11 is 0.